The first-order valence-electron chi connectivity index (χ1n) is 10.2. The zero-order valence-corrected chi connectivity index (χ0v) is 15.8. The van der Waals surface area contributed by atoms with Crippen molar-refractivity contribution < 1.29 is 14.6 Å². The Hall–Kier alpha value is -0.830. The van der Waals surface area contributed by atoms with Gasteiger partial charge in [0.15, 0.2) is 0 Å². The van der Waals surface area contributed by atoms with E-state index in [0.717, 1.165) is 19.3 Å². The van der Waals surface area contributed by atoms with Crippen LogP contribution in [-0.4, -0.2) is 24.3 Å². The standard InChI is InChI=1S/C21H40O3/c1-2-21(23)24-20-18-16-14-12-10-8-6-4-3-5-7-9-11-13-15-17-19-22/h2,22H,1,3-20H2. The minimum Gasteiger partial charge on any atom is -0.463 e. The molecule has 0 aliphatic carbocycles. The van der Waals surface area contributed by atoms with Crippen LogP contribution in [0.1, 0.15) is 103 Å². The van der Waals surface area contributed by atoms with Crippen molar-refractivity contribution in [2.45, 2.75) is 103 Å². The van der Waals surface area contributed by atoms with Crippen LogP contribution in [0, 0.1) is 0 Å². The largest absolute Gasteiger partial charge is 0.463 e. The average molecular weight is 341 g/mol. The smallest absolute Gasteiger partial charge is 0.330 e. The number of hydrogen-bond donors (Lipinski definition) is 1. The molecular weight excluding hydrogens is 300 g/mol. The summed E-state index contributed by atoms with van der Waals surface area (Å²) < 4.78 is 4.95. The molecule has 0 saturated carbocycles. The molecule has 0 aliphatic heterocycles. The van der Waals surface area contributed by atoms with E-state index in [1.807, 2.05) is 0 Å². The number of aliphatic hydroxyl groups is 1. The molecule has 0 aromatic carbocycles. The minimum absolute atomic E-state index is 0.309. The van der Waals surface area contributed by atoms with Gasteiger partial charge in [-0.2, -0.15) is 0 Å². The third-order valence-electron chi connectivity index (χ3n) is 4.46. The molecule has 24 heavy (non-hydrogen) atoms. The molecule has 0 bridgehead atoms. The molecule has 0 heterocycles. The molecule has 0 unspecified atom stereocenters. The summed E-state index contributed by atoms with van der Waals surface area (Å²) in [7, 11) is 0. The number of unbranched alkanes of at least 4 members (excludes halogenated alkanes) is 15. The normalized spacial score (nSPS) is 10.7. The molecule has 0 spiro atoms. The van der Waals surface area contributed by atoms with E-state index in [1.54, 1.807) is 0 Å². The van der Waals surface area contributed by atoms with E-state index in [0.29, 0.717) is 13.2 Å². The van der Waals surface area contributed by atoms with Crippen molar-refractivity contribution in [1.82, 2.24) is 0 Å². The number of aliphatic hydroxyl groups excluding tert-OH is 1. The predicted octanol–water partition coefficient (Wildman–Crippen LogP) is 5.95. The first-order valence-corrected chi connectivity index (χ1v) is 10.2. The van der Waals surface area contributed by atoms with E-state index >= 15 is 0 Å². The highest BCUT2D eigenvalue weighted by molar-refractivity contribution is 5.81. The van der Waals surface area contributed by atoms with Crippen molar-refractivity contribution in [3.8, 4) is 0 Å². The first-order chi connectivity index (χ1) is 11.8. The zero-order chi connectivity index (χ0) is 17.7. The molecule has 142 valence electrons. The summed E-state index contributed by atoms with van der Waals surface area (Å²) in [5.74, 6) is -0.309. The molecule has 0 aliphatic rings. The van der Waals surface area contributed by atoms with Gasteiger partial charge in [-0.05, 0) is 12.8 Å². The number of rotatable bonds is 19. The van der Waals surface area contributed by atoms with Gasteiger partial charge in [0.1, 0.15) is 0 Å². The molecule has 0 fully saturated rings. The van der Waals surface area contributed by atoms with E-state index in [2.05, 4.69) is 6.58 Å². The van der Waals surface area contributed by atoms with Crippen LogP contribution in [0.5, 0.6) is 0 Å². The summed E-state index contributed by atoms with van der Waals surface area (Å²) in [6.07, 6.45) is 21.7. The number of ether oxygens (including phenoxy) is 1. The SMILES string of the molecule is C=CC(=O)OCCCCCCCCCCCCCCCCCCO. The van der Waals surface area contributed by atoms with Crippen molar-refractivity contribution in [1.29, 1.82) is 0 Å². The number of carbonyl (C=O) groups is 1. The summed E-state index contributed by atoms with van der Waals surface area (Å²) in [5.41, 5.74) is 0. The highest BCUT2D eigenvalue weighted by atomic mass is 16.5. The molecule has 0 aromatic heterocycles. The zero-order valence-electron chi connectivity index (χ0n) is 15.8. The Labute approximate surface area is 149 Å². The van der Waals surface area contributed by atoms with Crippen LogP contribution in [0.25, 0.3) is 0 Å². The lowest BCUT2D eigenvalue weighted by molar-refractivity contribution is -0.137. The third kappa shape index (κ3) is 19.2. The van der Waals surface area contributed by atoms with Gasteiger partial charge >= 0.3 is 5.97 Å². The number of hydrogen-bond acceptors (Lipinski definition) is 3. The molecule has 0 amide bonds. The van der Waals surface area contributed by atoms with Crippen LogP contribution in [0.15, 0.2) is 12.7 Å². The van der Waals surface area contributed by atoms with Gasteiger partial charge in [-0.3, -0.25) is 0 Å². The van der Waals surface area contributed by atoms with Crippen LogP contribution >= 0.6 is 0 Å². The van der Waals surface area contributed by atoms with Gasteiger partial charge in [-0.1, -0.05) is 96.5 Å². The molecule has 3 heteroatoms. The molecule has 0 rings (SSSR count). The van der Waals surface area contributed by atoms with E-state index in [9.17, 15) is 4.79 Å². The van der Waals surface area contributed by atoms with E-state index in [1.165, 1.54) is 89.5 Å². The lowest BCUT2D eigenvalue weighted by atomic mass is 10.0. The highest BCUT2D eigenvalue weighted by Crippen LogP contribution is 2.13. The fourth-order valence-electron chi connectivity index (χ4n) is 2.92. The van der Waals surface area contributed by atoms with Gasteiger partial charge in [0, 0.05) is 12.7 Å². The van der Waals surface area contributed by atoms with Crippen molar-refractivity contribution in [2.75, 3.05) is 13.2 Å². The maximum absolute atomic E-state index is 10.8. The Morgan fingerprint density at radius 1 is 0.667 bits per heavy atom. The number of carbonyl (C=O) groups excluding carboxylic acids is 1. The summed E-state index contributed by atoms with van der Waals surface area (Å²) in [6.45, 7) is 4.26. The molecule has 0 radical (unpaired) electrons. The minimum atomic E-state index is -0.309. The summed E-state index contributed by atoms with van der Waals surface area (Å²) >= 11 is 0. The van der Waals surface area contributed by atoms with Gasteiger partial charge in [-0.15, -0.1) is 0 Å². The topological polar surface area (TPSA) is 46.5 Å². The van der Waals surface area contributed by atoms with E-state index < -0.39 is 0 Å². The highest BCUT2D eigenvalue weighted by Gasteiger charge is 1.96. The maximum Gasteiger partial charge on any atom is 0.330 e. The van der Waals surface area contributed by atoms with Crippen LogP contribution in [-0.2, 0) is 9.53 Å². The first kappa shape index (κ1) is 23.2. The van der Waals surface area contributed by atoms with Gasteiger partial charge in [-0.25, -0.2) is 4.79 Å². The average Bonchev–Trinajstić information content (AvgIpc) is 2.60. The van der Waals surface area contributed by atoms with Crippen molar-refractivity contribution in [3.05, 3.63) is 12.7 Å². The Bertz CT molecular complexity index is 276. The van der Waals surface area contributed by atoms with Gasteiger partial charge in [0.25, 0.3) is 0 Å². The molecule has 0 saturated heterocycles. The second kappa shape index (κ2) is 20.2. The lowest BCUT2D eigenvalue weighted by Crippen LogP contribution is -2.01. The van der Waals surface area contributed by atoms with Crippen molar-refractivity contribution in [3.63, 3.8) is 0 Å². The number of esters is 1. The second-order valence-corrected chi connectivity index (χ2v) is 6.75. The quantitative estimate of drug-likeness (QED) is 0.179. The molecule has 1 N–H and O–H groups in total. The predicted molar refractivity (Wildman–Crippen MR) is 102 cm³/mol. The van der Waals surface area contributed by atoms with Gasteiger partial charge < -0.3 is 9.84 Å². The maximum atomic E-state index is 10.8. The van der Waals surface area contributed by atoms with E-state index in [4.69, 9.17) is 9.84 Å². The van der Waals surface area contributed by atoms with Gasteiger partial charge in [0.2, 0.25) is 0 Å². The van der Waals surface area contributed by atoms with E-state index in [-0.39, 0.29) is 5.97 Å². The van der Waals surface area contributed by atoms with Crippen LogP contribution in [0.4, 0.5) is 0 Å². The molecular formula is C21H40O3. The summed E-state index contributed by atoms with van der Waals surface area (Å²) in [6, 6.07) is 0. The third-order valence-corrected chi connectivity index (χ3v) is 4.46. The molecule has 0 aromatic rings. The lowest BCUT2D eigenvalue weighted by Gasteiger charge is -2.04. The fourth-order valence-corrected chi connectivity index (χ4v) is 2.92. The Morgan fingerprint density at radius 2 is 1.00 bits per heavy atom. The second-order valence-electron chi connectivity index (χ2n) is 6.75. The van der Waals surface area contributed by atoms with Crippen molar-refractivity contribution >= 4 is 5.97 Å². The van der Waals surface area contributed by atoms with Crippen molar-refractivity contribution in [2.24, 2.45) is 0 Å². The Balaban J connectivity index is 3.00. The van der Waals surface area contributed by atoms with Gasteiger partial charge in [0.05, 0.1) is 6.61 Å². The monoisotopic (exact) mass is 340 g/mol. The summed E-state index contributed by atoms with van der Waals surface area (Å²) in [4.78, 5) is 10.8. The van der Waals surface area contributed by atoms with Crippen LogP contribution in [0.3, 0.4) is 0 Å². The Morgan fingerprint density at radius 3 is 1.33 bits per heavy atom. The van der Waals surface area contributed by atoms with Crippen LogP contribution in [0.2, 0.25) is 0 Å². The van der Waals surface area contributed by atoms with Crippen LogP contribution < -0.4 is 0 Å². The summed E-state index contributed by atoms with van der Waals surface area (Å²) in [5, 5.41) is 8.70. The molecule has 3 nitrogen and oxygen atoms in total. The Kier molecular flexibility index (Phi) is 19.5. The molecule has 0 atom stereocenters. The fraction of sp³-hybridized carbons (Fsp3) is 0.857.